The molecule has 0 fully saturated rings. The van der Waals surface area contributed by atoms with Gasteiger partial charge in [0.05, 0.1) is 12.5 Å². The molecule has 2 heteroatoms. The highest BCUT2D eigenvalue weighted by atomic mass is 16.3. The number of furan rings is 1. The number of hydrogen-bond donors (Lipinski definition) is 1. The summed E-state index contributed by atoms with van der Waals surface area (Å²) in [5.41, 5.74) is 2.86. The van der Waals surface area contributed by atoms with Gasteiger partial charge in [0.2, 0.25) is 0 Å². The lowest BCUT2D eigenvalue weighted by molar-refractivity contribution is 0.560. The number of rotatable bonds is 5. The summed E-state index contributed by atoms with van der Waals surface area (Å²) in [4.78, 5) is 0. The van der Waals surface area contributed by atoms with Crippen LogP contribution < -0.4 is 5.32 Å². The molecular weight excluding hydrogens is 174 g/mol. The summed E-state index contributed by atoms with van der Waals surface area (Å²) >= 11 is 0. The van der Waals surface area contributed by atoms with E-state index in [1.54, 1.807) is 18.1 Å². The van der Waals surface area contributed by atoms with Crippen molar-refractivity contribution in [1.29, 1.82) is 0 Å². The molecule has 1 heterocycles. The molecule has 0 radical (unpaired) electrons. The minimum Gasteiger partial charge on any atom is -0.472 e. The Morgan fingerprint density at radius 1 is 1.43 bits per heavy atom. The number of hydrogen-bond acceptors (Lipinski definition) is 2. The molecule has 0 amide bonds. The summed E-state index contributed by atoms with van der Waals surface area (Å²) in [6.45, 7) is 2.00. The van der Waals surface area contributed by atoms with Gasteiger partial charge in [0.25, 0.3) is 0 Å². The lowest BCUT2D eigenvalue weighted by Gasteiger charge is -2.03. The standard InChI is InChI=1S/C12H17NO/c1-2-4-11(3-1)5-7-13-9-12-6-8-14-10-12/h3,6,8,10,13H,1-2,4-5,7,9H2. The Hall–Kier alpha value is -1.02. The Balaban J connectivity index is 1.59. The molecule has 0 bridgehead atoms. The van der Waals surface area contributed by atoms with E-state index in [-0.39, 0.29) is 0 Å². The minimum absolute atomic E-state index is 0.920. The van der Waals surface area contributed by atoms with Crippen LogP contribution in [0.25, 0.3) is 0 Å². The van der Waals surface area contributed by atoms with E-state index >= 15 is 0 Å². The Labute approximate surface area is 85.0 Å². The monoisotopic (exact) mass is 191 g/mol. The average Bonchev–Trinajstić information content (AvgIpc) is 2.86. The van der Waals surface area contributed by atoms with Crippen molar-refractivity contribution in [3.8, 4) is 0 Å². The maximum Gasteiger partial charge on any atom is 0.0947 e. The van der Waals surface area contributed by atoms with Crippen LogP contribution in [-0.2, 0) is 6.54 Å². The molecule has 1 aromatic rings. The third-order valence-electron chi connectivity index (χ3n) is 2.67. The first-order chi connectivity index (χ1) is 6.95. The molecule has 0 unspecified atom stereocenters. The van der Waals surface area contributed by atoms with E-state index in [0.717, 1.165) is 13.1 Å². The highest BCUT2D eigenvalue weighted by molar-refractivity contribution is 5.08. The molecule has 0 spiro atoms. The summed E-state index contributed by atoms with van der Waals surface area (Å²) in [5, 5.41) is 3.41. The van der Waals surface area contributed by atoms with Crippen molar-refractivity contribution < 1.29 is 4.42 Å². The van der Waals surface area contributed by atoms with E-state index in [9.17, 15) is 0 Å². The van der Waals surface area contributed by atoms with Crippen LogP contribution >= 0.6 is 0 Å². The molecule has 2 nitrogen and oxygen atoms in total. The third-order valence-corrected chi connectivity index (χ3v) is 2.67. The molecule has 1 N–H and O–H groups in total. The molecule has 0 atom stereocenters. The largest absolute Gasteiger partial charge is 0.472 e. The van der Waals surface area contributed by atoms with Crippen molar-refractivity contribution >= 4 is 0 Å². The molecule has 1 aromatic heterocycles. The maximum absolute atomic E-state index is 4.99. The van der Waals surface area contributed by atoms with Crippen LogP contribution in [0.5, 0.6) is 0 Å². The molecule has 0 aromatic carbocycles. The zero-order chi connectivity index (χ0) is 9.64. The molecule has 14 heavy (non-hydrogen) atoms. The van der Waals surface area contributed by atoms with Gasteiger partial charge in [-0.05, 0) is 38.3 Å². The summed E-state index contributed by atoms with van der Waals surface area (Å²) in [5.74, 6) is 0. The van der Waals surface area contributed by atoms with Crippen LogP contribution in [0, 0.1) is 0 Å². The van der Waals surface area contributed by atoms with Crippen LogP contribution in [0.15, 0.2) is 34.7 Å². The van der Waals surface area contributed by atoms with E-state index in [1.807, 2.05) is 6.07 Å². The maximum atomic E-state index is 4.99. The lowest BCUT2D eigenvalue weighted by atomic mass is 10.2. The van der Waals surface area contributed by atoms with E-state index in [4.69, 9.17) is 4.42 Å². The van der Waals surface area contributed by atoms with Crippen molar-refractivity contribution in [2.75, 3.05) is 6.54 Å². The normalized spacial score (nSPS) is 15.9. The molecule has 1 aliphatic carbocycles. The molecular formula is C12H17NO. The topological polar surface area (TPSA) is 25.2 Å². The number of nitrogens with one attached hydrogen (secondary N) is 1. The third kappa shape index (κ3) is 2.74. The van der Waals surface area contributed by atoms with Crippen molar-refractivity contribution in [2.24, 2.45) is 0 Å². The van der Waals surface area contributed by atoms with Crippen molar-refractivity contribution in [3.05, 3.63) is 35.8 Å². The second-order valence-corrected chi connectivity index (χ2v) is 3.81. The van der Waals surface area contributed by atoms with Crippen LogP contribution in [-0.4, -0.2) is 6.54 Å². The van der Waals surface area contributed by atoms with Gasteiger partial charge in [0.15, 0.2) is 0 Å². The van der Waals surface area contributed by atoms with Crippen LogP contribution in [0.1, 0.15) is 31.2 Å². The van der Waals surface area contributed by atoms with Gasteiger partial charge in [-0.2, -0.15) is 0 Å². The fourth-order valence-electron chi connectivity index (χ4n) is 1.84. The summed E-state index contributed by atoms with van der Waals surface area (Å²) in [7, 11) is 0. The minimum atomic E-state index is 0.920. The molecule has 76 valence electrons. The zero-order valence-electron chi connectivity index (χ0n) is 8.46. The second kappa shape index (κ2) is 5.01. The quantitative estimate of drug-likeness (QED) is 0.572. The Morgan fingerprint density at radius 3 is 3.14 bits per heavy atom. The second-order valence-electron chi connectivity index (χ2n) is 3.81. The number of allylic oxidation sites excluding steroid dienone is 1. The fraction of sp³-hybridized carbons (Fsp3) is 0.500. The Morgan fingerprint density at radius 2 is 2.43 bits per heavy atom. The highest BCUT2D eigenvalue weighted by Crippen LogP contribution is 2.19. The predicted octanol–water partition coefficient (Wildman–Crippen LogP) is 2.87. The van der Waals surface area contributed by atoms with Gasteiger partial charge in [0, 0.05) is 12.1 Å². The van der Waals surface area contributed by atoms with Gasteiger partial charge in [0.1, 0.15) is 0 Å². The molecule has 0 aliphatic heterocycles. The van der Waals surface area contributed by atoms with Crippen molar-refractivity contribution in [1.82, 2.24) is 5.32 Å². The Kier molecular flexibility index (Phi) is 3.41. The van der Waals surface area contributed by atoms with E-state index in [0.29, 0.717) is 0 Å². The van der Waals surface area contributed by atoms with Crippen LogP contribution in [0.3, 0.4) is 0 Å². The van der Waals surface area contributed by atoms with E-state index < -0.39 is 0 Å². The summed E-state index contributed by atoms with van der Waals surface area (Å²) in [6, 6.07) is 2.00. The van der Waals surface area contributed by atoms with E-state index in [1.165, 1.54) is 31.2 Å². The SMILES string of the molecule is C1=C(CCNCc2ccoc2)CCC1. The first kappa shape index (κ1) is 9.53. The van der Waals surface area contributed by atoms with Gasteiger partial charge in [-0.1, -0.05) is 11.6 Å². The first-order valence-corrected chi connectivity index (χ1v) is 5.35. The van der Waals surface area contributed by atoms with Gasteiger partial charge in [-0.15, -0.1) is 0 Å². The smallest absolute Gasteiger partial charge is 0.0947 e. The van der Waals surface area contributed by atoms with Crippen LogP contribution in [0.2, 0.25) is 0 Å². The summed E-state index contributed by atoms with van der Waals surface area (Å²) in [6.07, 6.45) is 11.1. The molecule has 0 saturated carbocycles. The van der Waals surface area contributed by atoms with Gasteiger partial charge < -0.3 is 9.73 Å². The first-order valence-electron chi connectivity index (χ1n) is 5.35. The van der Waals surface area contributed by atoms with E-state index in [2.05, 4.69) is 11.4 Å². The van der Waals surface area contributed by atoms with Gasteiger partial charge in [-0.25, -0.2) is 0 Å². The average molecular weight is 191 g/mol. The zero-order valence-corrected chi connectivity index (χ0v) is 8.46. The van der Waals surface area contributed by atoms with Crippen LogP contribution in [0.4, 0.5) is 0 Å². The fourth-order valence-corrected chi connectivity index (χ4v) is 1.84. The molecule has 0 saturated heterocycles. The predicted molar refractivity (Wildman–Crippen MR) is 57.0 cm³/mol. The summed E-state index contributed by atoms with van der Waals surface area (Å²) < 4.78 is 4.99. The molecule has 1 aliphatic rings. The van der Waals surface area contributed by atoms with Gasteiger partial charge in [-0.3, -0.25) is 0 Å². The lowest BCUT2D eigenvalue weighted by Crippen LogP contribution is -2.14. The Bertz CT molecular complexity index is 287. The van der Waals surface area contributed by atoms with Crippen molar-refractivity contribution in [2.45, 2.75) is 32.2 Å². The van der Waals surface area contributed by atoms with Crippen molar-refractivity contribution in [3.63, 3.8) is 0 Å². The highest BCUT2D eigenvalue weighted by Gasteiger charge is 2.03. The van der Waals surface area contributed by atoms with Gasteiger partial charge >= 0.3 is 0 Å². The molecule has 2 rings (SSSR count).